The van der Waals surface area contributed by atoms with Crippen LogP contribution < -0.4 is 0 Å². The van der Waals surface area contributed by atoms with Crippen molar-refractivity contribution in [3.63, 3.8) is 0 Å². The van der Waals surface area contributed by atoms with Crippen molar-refractivity contribution in [3.8, 4) is 0 Å². The number of hydrogen-bond acceptors (Lipinski definition) is 6. The number of unbranched alkanes of at least 4 members (excludes halogenated alkanes) is 18. The van der Waals surface area contributed by atoms with Gasteiger partial charge in [0.2, 0.25) is 0 Å². The van der Waals surface area contributed by atoms with Crippen LogP contribution in [0.4, 0.5) is 0 Å². The van der Waals surface area contributed by atoms with E-state index in [0.29, 0.717) is 19.3 Å². The molecule has 0 rings (SSSR count). The zero-order chi connectivity index (χ0) is 56.4. The highest BCUT2D eigenvalue weighted by molar-refractivity contribution is 5.71. The molecular weight excluding hydrogens is 961 g/mol. The molecule has 0 saturated heterocycles. The van der Waals surface area contributed by atoms with Gasteiger partial charge >= 0.3 is 17.9 Å². The maximum Gasteiger partial charge on any atom is 0.306 e. The molecule has 0 aromatic carbocycles. The molecule has 0 saturated carbocycles. The van der Waals surface area contributed by atoms with Gasteiger partial charge in [-0.1, -0.05) is 269 Å². The lowest BCUT2D eigenvalue weighted by Gasteiger charge is -2.18. The van der Waals surface area contributed by atoms with Crippen molar-refractivity contribution in [2.75, 3.05) is 13.2 Å². The smallest absolute Gasteiger partial charge is 0.306 e. The van der Waals surface area contributed by atoms with Crippen LogP contribution in [0, 0.1) is 0 Å². The van der Waals surface area contributed by atoms with Crippen LogP contribution in [0.1, 0.15) is 258 Å². The summed E-state index contributed by atoms with van der Waals surface area (Å²) in [6.45, 7) is 6.35. The number of hydrogen-bond donors (Lipinski definition) is 0. The van der Waals surface area contributed by atoms with Crippen molar-refractivity contribution in [1.29, 1.82) is 0 Å². The molecule has 0 amide bonds. The van der Waals surface area contributed by atoms with Crippen LogP contribution in [0.25, 0.3) is 0 Å². The summed E-state index contributed by atoms with van der Waals surface area (Å²) in [6, 6.07) is 0. The molecule has 0 aliphatic rings. The third kappa shape index (κ3) is 61.9. The van der Waals surface area contributed by atoms with Crippen LogP contribution in [0.3, 0.4) is 0 Å². The largest absolute Gasteiger partial charge is 0.462 e. The molecule has 1 unspecified atom stereocenters. The van der Waals surface area contributed by atoms with E-state index in [9.17, 15) is 14.4 Å². The average Bonchev–Trinajstić information content (AvgIpc) is 3.44. The second kappa shape index (κ2) is 64.6. The van der Waals surface area contributed by atoms with Gasteiger partial charge in [0.05, 0.1) is 0 Å². The van der Waals surface area contributed by atoms with Crippen LogP contribution >= 0.6 is 0 Å². The number of esters is 3. The second-order valence-corrected chi connectivity index (χ2v) is 20.2. The first-order chi connectivity index (χ1) is 38.5. The topological polar surface area (TPSA) is 78.9 Å². The summed E-state index contributed by atoms with van der Waals surface area (Å²) in [5, 5.41) is 0. The SMILES string of the molecule is CC/C=C\C/C=C\C/C=C\C/C=C\C/C=C\C/C=C\C/C=C\C/C=C\C/C=C\CCCCCC(=O)OCC(COC(=O)CCCCCCCCCCCC)OC(=O)CCCCCCCC/C=C\C/C=C\C/C=C\C/C=C\CC. The number of allylic oxidation sites excluding steroid dienone is 26. The Labute approximate surface area is 480 Å². The minimum Gasteiger partial charge on any atom is -0.462 e. The van der Waals surface area contributed by atoms with Gasteiger partial charge in [-0.3, -0.25) is 14.4 Å². The van der Waals surface area contributed by atoms with E-state index in [1.165, 1.54) is 57.8 Å². The van der Waals surface area contributed by atoms with Gasteiger partial charge in [-0.25, -0.2) is 0 Å². The minimum atomic E-state index is -0.806. The number of carbonyl (C=O) groups is 3. The number of carbonyl (C=O) groups excluding carboxylic acids is 3. The third-order valence-corrected chi connectivity index (χ3v) is 12.8. The highest BCUT2D eigenvalue weighted by atomic mass is 16.6. The van der Waals surface area contributed by atoms with Crippen LogP contribution in [0.5, 0.6) is 0 Å². The predicted molar refractivity (Wildman–Crippen MR) is 338 cm³/mol. The van der Waals surface area contributed by atoms with Crippen molar-refractivity contribution in [3.05, 3.63) is 158 Å². The summed E-state index contributed by atoms with van der Waals surface area (Å²) in [5.74, 6) is -0.953. The molecule has 6 heteroatoms. The molecule has 0 aromatic heterocycles. The van der Waals surface area contributed by atoms with E-state index < -0.39 is 6.10 Å². The molecule has 438 valence electrons. The molecule has 0 radical (unpaired) electrons. The fourth-order valence-electron chi connectivity index (χ4n) is 8.13. The summed E-state index contributed by atoms with van der Waals surface area (Å²) < 4.78 is 16.8. The Kier molecular flexibility index (Phi) is 60.4. The first-order valence-electron chi connectivity index (χ1n) is 31.5. The molecule has 0 fully saturated rings. The maximum absolute atomic E-state index is 12.9. The predicted octanol–water partition coefficient (Wildman–Crippen LogP) is 21.7. The Bertz CT molecular complexity index is 1760. The third-order valence-electron chi connectivity index (χ3n) is 12.8. The molecule has 0 heterocycles. The quantitative estimate of drug-likeness (QED) is 0.0261. The molecular formula is C72H114O6. The van der Waals surface area contributed by atoms with Crippen molar-refractivity contribution < 1.29 is 28.6 Å². The van der Waals surface area contributed by atoms with Gasteiger partial charge in [0.1, 0.15) is 13.2 Å². The fourth-order valence-corrected chi connectivity index (χ4v) is 8.13. The summed E-state index contributed by atoms with van der Waals surface area (Å²) in [7, 11) is 0. The van der Waals surface area contributed by atoms with E-state index in [4.69, 9.17) is 14.2 Å². The van der Waals surface area contributed by atoms with Crippen LogP contribution in [-0.2, 0) is 28.6 Å². The first kappa shape index (κ1) is 73.0. The van der Waals surface area contributed by atoms with E-state index in [-0.39, 0.29) is 31.1 Å². The Morgan fingerprint density at radius 3 is 0.795 bits per heavy atom. The molecule has 78 heavy (non-hydrogen) atoms. The van der Waals surface area contributed by atoms with E-state index in [1.54, 1.807) is 0 Å². The van der Waals surface area contributed by atoms with Crippen molar-refractivity contribution in [2.24, 2.45) is 0 Å². The van der Waals surface area contributed by atoms with Crippen molar-refractivity contribution in [2.45, 2.75) is 264 Å². The fraction of sp³-hybridized carbons (Fsp3) is 0.597. The van der Waals surface area contributed by atoms with E-state index in [2.05, 4.69) is 179 Å². The number of ether oxygens (including phenoxy) is 3. The van der Waals surface area contributed by atoms with Crippen LogP contribution in [0.2, 0.25) is 0 Å². The molecule has 0 spiro atoms. The Morgan fingerprint density at radius 2 is 0.500 bits per heavy atom. The van der Waals surface area contributed by atoms with Gasteiger partial charge in [-0.2, -0.15) is 0 Å². The number of rotatable bonds is 55. The van der Waals surface area contributed by atoms with E-state index in [1.807, 2.05) is 0 Å². The molecule has 0 aromatic rings. The lowest BCUT2D eigenvalue weighted by molar-refractivity contribution is -0.167. The summed E-state index contributed by atoms with van der Waals surface area (Å²) >= 11 is 0. The Hall–Kier alpha value is -4.97. The monoisotopic (exact) mass is 1070 g/mol. The van der Waals surface area contributed by atoms with Crippen LogP contribution in [0.15, 0.2) is 158 Å². The van der Waals surface area contributed by atoms with Gasteiger partial charge in [-0.15, -0.1) is 0 Å². The summed E-state index contributed by atoms with van der Waals surface area (Å²) in [6.07, 6.45) is 93.9. The Balaban J connectivity index is 4.37. The zero-order valence-electron chi connectivity index (χ0n) is 50.1. The van der Waals surface area contributed by atoms with Gasteiger partial charge < -0.3 is 14.2 Å². The van der Waals surface area contributed by atoms with Gasteiger partial charge in [-0.05, 0) is 128 Å². The lowest BCUT2D eigenvalue weighted by Crippen LogP contribution is -2.30. The summed E-state index contributed by atoms with van der Waals surface area (Å²) in [4.78, 5) is 38.2. The molecule has 0 aliphatic carbocycles. The normalized spacial score (nSPS) is 13.2. The molecule has 6 nitrogen and oxygen atoms in total. The summed E-state index contributed by atoms with van der Waals surface area (Å²) in [5.41, 5.74) is 0. The van der Waals surface area contributed by atoms with Gasteiger partial charge in [0.15, 0.2) is 6.10 Å². The molecule has 0 bridgehead atoms. The van der Waals surface area contributed by atoms with Gasteiger partial charge in [0.25, 0.3) is 0 Å². The van der Waals surface area contributed by atoms with Crippen molar-refractivity contribution in [1.82, 2.24) is 0 Å². The Morgan fingerprint density at radius 1 is 0.269 bits per heavy atom. The first-order valence-corrected chi connectivity index (χ1v) is 31.5. The molecule has 0 N–H and O–H groups in total. The molecule has 0 aliphatic heterocycles. The lowest BCUT2D eigenvalue weighted by atomic mass is 10.1. The van der Waals surface area contributed by atoms with Crippen molar-refractivity contribution >= 4 is 17.9 Å². The average molecular weight is 1080 g/mol. The zero-order valence-corrected chi connectivity index (χ0v) is 50.1. The minimum absolute atomic E-state index is 0.0990. The van der Waals surface area contributed by atoms with Gasteiger partial charge in [0, 0.05) is 19.3 Å². The maximum atomic E-state index is 12.9. The molecule has 1 atom stereocenters. The highest BCUT2D eigenvalue weighted by Gasteiger charge is 2.19. The van der Waals surface area contributed by atoms with E-state index >= 15 is 0 Å². The standard InChI is InChI=1S/C72H114O6/c1-4-7-10-13-16-19-22-24-26-28-30-31-32-33-34-35-36-37-38-39-40-41-43-44-46-48-50-53-56-59-62-65-71(74)77-68-69(67-76-70(73)64-61-58-55-52-21-18-15-12-9-6-3)78-72(75)66-63-60-57-54-51-49-47-45-42-29-27-25-23-20-17-14-11-8-5-2/h7-8,10-11,16-17,19-20,24-27,30-31,33-34,36-37,39-40,42-45,48,50,69H,4-6,9,12-15,18,21-23,28-29,32,35,38,41,46-47,49,51-68H2,1-3H3/b10-7-,11-8-,19-16-,20-17-,26-24-,27-25-,31-30-,34-33-,37-36-,40-39-,44-43-,45-42-,50-48-. The van der Waals surface area contributed by atoms with Crippen LogP contribution in [-0.4, -0.2) is 37.2 Å². The highest BCUT2D eigenvalue weighted by Crippen LogP contribution is 2.14. The second-order valence-electron chi connectivity index (χ2n) is 20.2. The van der Waals surface area contributed by atoms with E-state index in [0.717, 1.165) is 161 Å².